The molecule has 170 valence electrons. The van der Waals surface area contributed by atoms with Crippen LogP contribution in [0.2, 0.25) is 5.02 Å². The van der Waals surface area contributed by atoms with E-state index < -0.39 is 5.82 Å². The maximum absolute atomic E-state index is 13.5. The number of nitrogens with zero attached hydrogens (tertiary/aromatic N) is 1. The van der Waals surface area contributed by atoms with E-state index in [0.717, 1.165) is 31.9 Å². The number of amides is 2. The van der Waals surface area contributed by atoms with Crippen LogP contribution >= 0.6 is 11.6 Å². The van der Waals surface area contributed by atoms with E-state index in [1.54, 1.807) is 0 Å². The average molecular weight is 453 g/mol. The Morgan fingerprint density at radius 3 is 2.58 bits per heavy atom. The molecule has 3 saturated carbocycles. The van der Waals surface area contributed by atoms with Gasteiger partial charge in [0, 0.05) is 37.3 Å². The Balaban J connectivity index is 1.27. The van der Waals surface area contributed by atoms with E-state index in [1.807, 2.05) is 6.92 Å². The molecule has 4 atom stereocenters. The molecule has 9 heteroatoms. The Morgan fingerprint density at radius 1 is 1.23 bits per heavy atom. The molecule has 31 heavy (non-hydrogen) atoms. The number of hydrogen-bond acceptors (Lipinski definition) is 5. The van der Waals surface area contributed by atoms with E-state index in [4.69, 9.17) is 16.3 Å². The lowest BCUT2D eigenvalue weighted by atomic mass is 9.60. The van der Waals surface area contributed by atoms with Gasteiger partial charge in [0.15, 0.2) is 6.61 Å². The first-order chi connectivity index (χ1) is 14.8. The average Bonchev–Trinajstić information content (AvgIpc) is 3.09. The fourth-order valence-corrected chi connectivity index (χ4v) is 5.11. The molecule has 2 amide bonds. The smallest absolute Gasteiger partial charge is 0.258 e. The number of carbonyl (C=O) groups is 2. The van der Waals surface area contributed by atoms with Crippen molar-refractivity contribution < 1.29 is 18.7 Å². The molecule has 3 aliphatic carbocycles. The number of fused-ring (bicyclic) bond motifs is 2. The summed E-state index contributed by atoms with van der Waals surface area (Å²) in [5.41, 5.74) is 3.33. The van der Waals surface area contributed by atoms with Crippen molar-refractivity contribution in [2.45, 2.75) is 51.2 Å². The Morgan fingerprint density at radius 2 is 1.94 bits per heavy atom. The van der Waals surface area contributed by atoms with Crippen molar-refractivity contribution >= 4 is 23.4 Å². The zero-order valence-electron chi connectivity index (χ0n) is 17.9. The van der Waals surface area contributed by atoms with Gasteiger partial charge in [0.1, 0.15) is 11.6 Å². The highest BCUT2D eigenvalue weighted by Gasteiger charge is 2.47. The summed E-state index contributed by atoms with van der Waals surface area (Å²) >= 11 is 5.66. The molecule has 4 aliphatic rings. The summed E-state index contributed by atoms with van der Waals surface area (Å²) in [6.07, 6.45) is 2.76. The van der Waals surface area contributed by atoms with Crippen LogP contribution in [0.5, 0.6) is 5.75 Å². The third-order valence-corrected chi connectivity index (χ3v) is 7.22. The fraction of sp³-hybridized carbons (Fsp3) is 0.636. The first-order valence-electron chi connectivity index (χ1n) is 11.0. The quantitative estimate of drug-likeness (QED) is 0.590. The van der Waals surface area contributed by atoms with Gasteiger partial charge in [-0.15, -0.1) is 0 Å². The predicted molar refractivity (Wildman–Crippen MR) is 115 cm³/mol. The van der Waals surface area contributed by atoms with Gasteiger partial charge in [-0.2, -0.15) is 0 Å². The highest BCUT2D eigenvalue weighted by Crippen LogP contribution is 2.46. The summed E-state index contributed by atoms with van der Waals surface area (Å²) in [6, 6.07) is 4.30. The third-order valence-electron chi connectivity index (χ3n) is 6.92. The number of hydrazine groups is 1. The Labute approximate surface area is 187 Å². The van der Waals surface area contributed by atoms with Gasteiger partial charge in [-0.05, 0) is 50.2 Å². The lowest BCUT2D eigenvalue weighted by Crippen LogP contribution is -2.61. The predicted octanol–water partition coefficient (Wildman–Crippen LogP) is 2.10. The van der Waals surface area contributed by atoms with E-state index in [0.29, 0.717) is 18.4 Å². The van der Waals surface area contributed by atoms with Crippen molar-refractivity contribution in [3.8, 4) is 5.75 Å². The molecular weight excluding hydrogens is 423 g/mol. The standard InChI is InChI=1S/C22H30ClFN4O3/c1-3-28-10-16(12(2)27-28)22(30)26-20-9-19(13-6-14(20)7-13)25-21(29)11-31-15-4-5-17(23)18(24)8-15/h4-5,8,12-14,16,19-20,27H,3,6-7,9-11H2,1-2H3,(H,25,29)(H,26,30). The van der Waals surface area contributed by atoms with Gasteiger partial charge in [0.25, 0.3) is 5.91 Å². The molecule has 4 fully saturated rings. The van der Waals surface area contributed by atoms with E-state index in [1.165, 1.54) is 12.1 Å². The largest absolute Gasteiger partial charge is 0.484 e. The highest BCUT2D eigenvalue weighted by molar-refractivity contribution is 6.30. The summed E-state index contributed by atoms with van der Waals surface area (Å²) < 4.78 is 18.9. The molecule has 3 N–H and O–H groups in total. The molecule has 5 rings (SSSR count). The van der Waals surface area contributed by atoms with E-state index in [-0.39, 0.29) is 53.2 Å². The van der Waals surface area contributed by atoms with Gasteiger partial charge in [0.05, 0.1) is 10.9 Å². The first kappa shape index (κ1) is 22.3. The van der Waals surface area contributed by atoms with Crippen LogP contribution in [-0.4, -0.2) is 54.6 Å². The molecule has 7 nitrogen and oxygen atoms in total. The normalized spacial score (nSPS) is 32.3. The lowest BCUT2D eigenvalue weighted by molar-refractivity contribution is -0.128. The molecule has 1 saturated heterocycles. The SMILES string of the molecule is CCN1CC(C(=O)NC2CC(NC(=O)COc3ccc(Cl)c(F)c3)C3CC2C3)C(C)N1. The molecule has 0 radical (unpaired) electrons. The Kier molecular flexibility index (Phi) is 6.69. The van der Waals surface area contributed by atoms with Crippen molar-refractivity contribution in [3.63, 3.8) is 0 Å². The topological polar surface area (TPSA) is 82.7 Å². The van der Waals surface area contributed by atoms with Crippen molar-refractivity contribution in [1.29, 1.82) is 0 Å². The molecule has 1 aliphatic heterocycles. The second kappa shape index (κ2) is 9.30. The van der Waals surface area contributed by atoms with Crippen molar-refractivity contribution in [3.05, 3.63) is 29.0 Å². The molecule has 0 aromatic heterocycles. The lowest BCUT2D eigenvalue weighted by Gasteiger charge is -2.51. The van der Waals surface area contributed by atoms with Gasteiger partial charge in [-0.1, -0.05) is 18.5 Å². The molecule has 1 aromatic rings. The molecule has 1 heterocycles. The maximum atomic E-state index is 13.5. The van der Waals surface area contributed by atoms with E-state index in [9.17, 15) is 14.0 Å². The Bertz CT molecular complexity index is 835. The summed E-state index contributed by atoms with van der Waals surface area (Å²) in [5.74, 6) is 0.376. The molecule has 1 aromatic carbocycles. The fourth-order valence-electron chi connectivity index (χ4n) is 4.99. The van der Waals surface area contributed by atoms with Crippen molar-refractivity contribution in [2.24, 2.45) is 17.8 Å². The number of rotatable bonds is 7. The summed E-state index contributed by atoms with van der Waals surface area (Å²) in [7, 11) is 0. The van der Waals surface area contributed by atoms with E-state index >= 15 is 0 Å². The van der Waals surface area contributed by atoms with Gasteiger partial charge >= 0.3 is 0 Å². The second-order valence-corrected chi connectivity index (χ2v) is 9.35. The zero-order chi connectivity index (χ0) is 22.1. The maximum Gasteiger partial charge on any atom is 0.258 e. The molecule has 4 unspecified atom stereocenters. The van der Waals surface area contributed by atoms with Crippen LogP contribution in [-0.2, 0) is 9.59 Å². The van der Waals surface area contributed by atoms with Crippen LogP contribution in [0.3, 0.4) is 0 Å². The minimum Gasteiger partial charge on any atom is -0.484 e. The van der Waals surface area contributed by atoms with Gasteiger partial charge in [-0.25, -0.2) is 9.40 Å². The molecular formula is C22H30ClFN4O3. The number of ether oxygens (including phenoxy) is 1. The van der Waals surface area contributed by atoms with Crippen molar-refractivity contribution in [2.75, 3.05) is 19.7 Å². The minimum atomic E-state index is -0.584. The number of hydrogen-bond donors (Lipinski definition) is 3. The third kappa shape index (κ3) is 4.96. The van der Waals surface area contributed by atoms with Crippen LogP contribution in [0.25, 0.3) is 0 Å². The van der Waals surface area contributed by atoms with Crippen molar-refractivity contribution in [1.82, 2.24) is 21.1 Å². The zero-order valence-corrected chi connectivity index (χ0v) is 18.6. The van der Waals surface area contributed by atoms with Crippen LogP contribution < -0.4 is 20.8 Å². The highest BCUT2D eigenvalue weighted by atomic mass is 35.5. The molecule has 0 spiro atoms. The number of nitrogens with one attached hydrogen (secondary N) is 3. The van der Waals surface area contributed by atoms with Crippen LogP contribution in [0, 0.1) is 23.6 Å². The summed E-state index contributed by atoms with van der Waals surface area (Å²) in [5, 5.41) is 8.38. The second-order valence-electron chi connectivity index (χ2n) is 8.94. The Hall–Kier alpha value is -1.90. The number of halogens is 2. The summed E-state index contributed by atoms with van der Waals surface area (Å²) in [4.78, 5) is 25.3. The monoisotopic (exact) mass is 452 g/mol. The number of carbonyl (C=O) groups excluding carboxylic acids is 2. The first-order valence-corrected chi connectivity index (χ1v) is 11.4. The molecule has 2 bridgehead atoms. The van der Waals surface area contributed by atoms with Crippen LogP contribution in [0.4, 0.5) is 4.39 Å². The van der Waals surface area contributed by atoms with Gasteiger partial charge in [-0.3, -0.25) is 15.0 Å². The minimum absolute atomic E-state index is 0.0109. The summed E-state index contributed by atoms with van der Waals surface area (Å²) in [6.45, 7) is 5.49. The van der Waals surface area contributed by atoms with Gasteiger partial charge < -0.3 is 15.4 Å². The van der Waals surface area contributed by atoms with Crippen LogP contribution in [0.1, 0.15) is 33.1 Å². The number of benzene rings is 1. The van der Waals surface area contributed by atoms with E-state index in [2.05, 4.69) is 28.0 Å². The van der Waals surface area contributed by atoms with Crippen LogP contribution in [0.15, 0.2) is 18.2 Å². The van der Waals surface area contributed by atoms with Gasteiger partial charge in [0.2, 0.25) is 5.91 Å².